The summed E-state index contributed by atoms with van der Waals surface area (Å²) in [5, 5.41) is 9.11. The van der Waals surface area contributed by atoms with Gasteiger partial charge in [-0.25, -0.2) is 4.98 Å². The van der Waals surface area contributed by atoms with E-state index >= 15 is 0 Å². The number of amides is 1. The van der Waals surface area contributed by atoms with Crippen LogP contribution in [0.25, 0.3) is 0 Å². The Balaban J connectivity index is 2.87. The number of carboxylic acid groups (broad SMARTS) is 1. The molecule has 0 radical (unpaired) electrons. The van der Waals surface area contributed by atoms with Crippen molar-refractivity contribution in [2.75, 3.05) is 33.4 Å². The van der Waals surface area contributed by atoms with E-state index < -0.39 is 18.4 Å². The predicted molar refractivity (Wildman–Crippen MR) is 85.0 cm³/mol. The van der Waals surface area contributed by atoms with Gasteiger partial charge in [-0.1, -0.05) is 25.4 Å². The van der Waals surface area contributed by atoms with Crippen molar-refractivity contribution < 1.29 is 24.2 Å². The first-order valence-electron chi connectivity index (χ1n) is 7.13. The molecule has 128 valence electrons. The van der Waals surface area contributed by atoms with Crippen LogP contribution in [0.1, 0.15) is 24.2 Å². The molecule has 0 fully saturated rings. The first-order valence-corrected chi connectivity index (χ1v) is 7.51. The molecule has 1 heterocycles. The Bertz CT molecular complexity index is 551. The van der Waals surface area contributed by atoms with Crippen molar-refractivity contribution in [3.63, 3.8) is 0 Å². The molecular weight excluding hydrogens is 324 g/mol. The van der Waals surface area contributed by atoms with Gasteiger partial charge in [0.15, 0.2) is 0 Å². The first kappa shape index (κ1) is 19.2. The van der Waals surface area contributed by atoms with E-state index in [1.165, 1.54) is 19.4 Å². The van der Waals surface area contributed by atoms with Crippen LogP contribution in [0.3, 0.4) is 0 Å². The highest BCUT2D eigenvalue weighted by atomic mass is 35.5. The van der Waals surface area contributed by atoms with Crippen molar-refractivity contribution in [2.45, 2.75) is 13.8 Å². The molecular formula is C15H21ClN2O5. The summed E-state index contributed by atoms with van der Waals surface area (Å²) < 4.78 is 10.3. The third-order valence-electron chi connectivity index (χ3n) is 2.79. The molecule has 0 saturated heterocycles. The quantitative estimate of drug-likeness (QED) is 0.736. The Morgan fingerprint density at radius 2 is 2.13 bits per heavy atom. The van der Waals surface area contributed by atoms with Crippen molar-refractivity contribution in [1.82, 2.24) is 9.88 Å². The number of hydrogen-bond acceptors (Lipinski definition) is 5. The van der Waals surface area contributed by atoms with Gasteiger partial charge in [0.25, 0.3) is 5.91 Å². The number of nitrogens with zero attached hydrogens (tertiary/aromatic N) is 2. The lowest BCUT2D eigenvalue weighted by molar-refractivity contribution is -0.137. The van der Waals surface area contributed by atoms with Crippen LogP contribution in [0.4, 0.5) is 0 Å². The highest BCUT2D eigenvalue weighted by molar-refractivity contribution is 6.32. The molecule has 0 aromatic carbocycles. The van der Waals surface area contributed by atoms with Crippen LogP contribution in [-0.2, 0) is 9.53 Å². The van der Waals surface area contributed by atoms with Gasteiger partial charge in [-0.2, -0.15) is 0 Å². The second-order valence-corrected chi connectivity index (χ2v) is 5.74. The molecule has 23 heavy (non-hydrogen) atoms. The Morgan fingerprint density at radius 3 is 2.65 bits per heavy atom. The van der Waals surface area contributed by atoms with Crippen LogP contribution in [-0.4, -0.2) is 60.3 Å². The zero-order chi connectivity index (χ0) is 17.4. The van der Waals surface area contributed by atoms with Crippen molar-refractivity contribution in [3.05, 3.63) is 22.8 Å². The van der Waals surface area contributed by atoms with E-state index in [-0.39, 0.29) is 29.6 Å². The van der Waals surface area contributed by atoms with Crippen molar-refractivity contribution in [3.8, 4) is 5.88 Å². The van der Waals surface area contributed by atoms with Gasteiger partial charge in [-0.15, -0.1) is 0 Å². The first-order chi connectivity index (χ1) is 10.8. The maximum Gasteiger partial charge on any atom is 0.323 e. The number of rotatable bonds is 9. The number of pyridine rings is 1. The Labute approximate surface area is 140 Å². The van der Waals surface area contributed by atoms with Crippen LogP contribution in [0.2, 0.25) is 5.02 Å². The molecule has 0 aliphatic heterocycles. The molecule has 1 aromatic heterocycles. The number of ether oxygens (including phenoxy) is 2. The predicted octanol–water partition coefficient (Wildman–Crippen LogP) is 1.94. The molecule has 1 N–H and O–H groups in total. The minimum atomic E-state index is -1.11. The fourth-order valence-electron chi connectivity index (χ4n) is 1.69. The lowest BCUT2D eigenvalue weighted by Gasteiger charge is -2.20. The van der Waals surface area contributed by atoms with E-state index in [9.17, 15) is 9.59 Å². The fraction of sp³-hybridized carbons (Fsp3) is 0.533. The summed E-state index contributed by atoms with van der Waals surface area (Å²) in [5.41, 5.74) is 0.198. The summed E-state index contributed by atoms with van der Waals surface area (Å²) in [6.45, 7) is 4.40. The van der Waals surface area contributed by atoms with E-state index in [0.717, 1.165) is 4.90 Å². The van der Waals surface area contributed by atoms with Crippen molar-refractivity contribution in [1.29, 1.82) is 0 Å². The lowest BCUT2D eigenvalue weighted by atomic mass is 10.2. The number of carbonyl (C=O) groups excluding carboxylic acids is 1. The number of halogens is 1. The molecule has 0 aliphatic rings. The molecule has 1 amide bonds. The molecule has 0 saturated carbocycles. The largest absolute Gasteiger partial charge is 0.480 e. The van der Waals surface area contributed by atoms with Gasteiger partial charge in [0.1, 0.15) is 11.6 Å². The van der Waals surface area contributed by atoms with Crippen molar-refractivity contribution >= 4 is 23.5 Å². The van der Waals surface area contributed by atoms with E-state index in [4.69, 9.17) is 26.2 Å². The smallest absolute Gasteiger partial charge is 0.323 e. The van der Waals surface area contributed by atoms with Gasteiger partial charge in [0.05, 0.1) is 18.8 Å². The number of aromatic nitrogens is 1. The molecule has 0 aliphatic carbocycles. The van der Waals surface area contributed by atoms with Gasteiger partial charge >= 0.3 is 5.97 Å². The van der Waals surface area contributed by atoms with E-state index in [1.54, 1.807) is 0 Å². The lowest BCUT2D eigenvalue weighted by Crippen LogP contribution is -2.38. The highest BCUT2D eigenvalue weighted by Gasteiger charge is 2.20. The summed E-state index contributed by atoms with van der Waals surface area (Å²) in [4.78, 5) is 28.5. The second kappa shape index (κ2) is 9.32. The second-order valence-electron chi connectivity index (χ2n) is 5.33. The molecule has 7 nitrogen and oxygen atoms in total. The Kier molecular flexibility index (Phi) is 7.77. The van der Waals surface area contributed by atoms with E-state index in [2.05, 4.69) is 4.98 Å². The highest BCUT2D eigenvalue weighted by Crippen LogP contribution is 2.23. The van der Waals surface area contributed by atoms with Crippen molar-refractivity contribution in [2.24, 2.45) is 5.92 Å². The van der Waals surface area contributed by atoms with Crippen LogP contribution in [0, 0.1) is 5.92 Å². The monoisotopic (exact) mass is 344 g/mol. The zero-order valence-corrected chi connectivity index (χ0v) is 14.2. The number of aliphatic carboxylic acids is 1. The molecule has 0 bridgehead atoms. The van der Waals surface area contributed by atoms with Crippen LogP contribution >= 0.6 is 11.6 Å². The zero-order valence-electron chi connectivity index (χ0n) is 13.4. The minimum absolute atomic E-state index is 0.158. The van der Waals surface area contributed by atoms with Gasteiger partial charge in [0.2, 0.25) is 5.88 Å². The topological polar surface area (TPSA) is 89.0 Å². The average Bonchev–Trinajstić information content (AvgIpc) is 2.48. The number of methoxy groups -OCH3 is 1. The Hall–Kier alpha value is -1.86. The summed E-state index contributed by atoms with van der Waals surface area (Å²) >= 11 is 6.07. The minimum Gasteiger partial charge on any atom is -0.480 e. The maximum atomic E-state index is 12.4. The molecule has 1 rings (SSSR count). The van der Waals surface area contributed by atoms with Gasteiger partial charge in [0, 0.05) is 19.9 Å². The summed E-state index contributed by atoms with van der Waals surface area (Å²) in [6.07, 6.45) is 1.32. The average molecular weight is 345 g/mol. The van der Waals surface area contributed by atoms with Gasteiger partial charge in [-0.3, -0.25) is 9.59 Å². The summed E-state index contributed by atoms with van der Waals surface area (Å²) in [7, 11) is 1.47. The maximum absolute atomic E-state index is 12.4. The number of carboxylic acids is 1. The number of hydrogen-bond donors (Lipinski definition) is 1. The fourth-order valence-corrected chi connectivity index (χ4v) is 1.91. The molecule has 0 atom stereocenters. The van der Waals surface area contributed by atoms with Crippen LogP contribution in [0.5, 0.6) is 5.88 Å². The number of carbonyl (C=O) groups is 2. The van der Waals surface area contributed by atoms with Crippen LogP contribution in [0.15, 0.2) is 12.3 Å². The SMILES string of the molecule is COCCN(CC(=O)O)C(=O)c1cnc(OCC(C)C)c(Cl)c1. The molecule has 0 unspecified atom stereocenters. The normalized spacial score (nSPS) is 10.7. The Morgan fingerprint density at radius 1 is 1.43 bits per heavy atom. The molecule has 0 spiro atoms. The van der Waals surface area contributed by atoms with Crippen LogP contribution < -0.4 is 4.74 Å². The third kappa shape index (κ3) is 6.42. The van der Waals surface area contributed by atoms with E-state index in [0.29, 0.717) is 12.5 Å². The molecule has 1 aromatic rings. The van der Waals surface area contributed by atoms with E-state index in [1.807, 2.05) is 13.8 Å². The van der Waals surface area contributed by atoms with Gasteiger partial charge in [-0.05, 0) is 12.0 Å². The summed E-state index contributed by atoms with van der Waals surface area (Å²) in [6, 6.07) is 1.42. The summed E-state index contributed by atoms with van der Waals surface area (Å²) in [5.74, 6) is -1.02. The van der Waals surface area contributed by atoms with Gasteiger partial charge < -0.3 is 19.5 Å². The third-order valence-corrected chi connectivity index (χ3v) is 3.06. The standard InChI is InChI=1S/C15H21ClN2O5/c1-10(2)9-23-14-12(16)6-11(7-17-14)15(21)18(4-5-22-3)8-13(19)20/h6-7,10H,4-5,8-9H2,1-3H3,(H,19,20). The molecule has 8 heteroatoms.